The second kappa shape index (κ2) is 6.24. The maximum atomic E-state index is 13.0. The molecule has 2 aromatic heterocycles. The fraction of sp³-hybridized carbons (Fsp3) is 0.263. The summed E-state index contributed by atoms with van der Waals surface area (Å²) in [5.41, 5.74) is 1.17. The number of thiophene rings is 1. The van der Waals surface area contributed by atoms with E-state index in [0.717, 1.165) is 17.2 Å². The number of aryl methyl sites for hydroxylation is 1. The van der Waals surface area contributed by atoms with Crippen LogP contribution in [0.1, 0.15) is 27.2 Å². The predicted octanol–water partition coefficient (Wildman–Crippen LogP) is 3.58. The van der Waals surface area contributed by atoms with Crippen LogP contribution in [-0.4, -0.2) is 20.4 Å². The van der Waals surface area contributed by atoms with E-state index in [4.69, 9.17) is 0 Å². The molecule has 1 aliphatic heterocycles. The zero-order valence-corrected chi connectivity index (χ0v) is 14.4. The Morgan fingerprint density at radius 3 is 2.83 bits per heavy atom. The lowest BCUT2D eigenvalue weighted by Gasteiger charge is -2.36. The number of nitrogens with zero attached hydrogens (tertiary/aromatic N) is 3. The normalized spacial score (nSPS) is 16.9. The second-order valence-electron chi connectivity index (χ2n) is 6.13. The molecule has 1 aliphatic rings. The Hall–Kier alpha value is -2.40. The van der Waals surface area contributed by atoms with Crippen molar-refractivity contribution in [3.05, 3.63) is 76.0 Å². The minimum Gasteiger partial charge on any atom is -0.331 e. The third-order valence-electron chi connectivity index (χ3n) is 4.49. The molecule has 3 aromatic rings. The second-order valence-corrected chi connectivity index (χ2v) is 7.51. The third-order valence-corrected chi connectivity index (χ3v) is 5.49. The summed E-state index contributed by atoms with van der Waals surface area (Å²) in [5, 5.41) is 0. The molecule has 0 saturated carbocycles. The van der Waals surface area contributed by atoms with E-state index in [-0.39, 0.29) is 11.9 Å². The van der Waals surface area contributed by atoms with Crippen LogP contribution in [0, 0.1) is 6.92 Å². The molecule has 0 fully saturated rings. The molecule has 0 N–H and O–H groups in total. The topological polar surface area (TPSA) is 38.1 Å². The molecule has 4 nitrogen and oxygen atoms in total. The summed E-state index contributed by atoms with van der Waals surface area (Å²) in [5.74, 6) is 1.12. The summed E-state index contributed by atoms with van der Waals surface area (Å²) in [6.45, 7) is 3.40. The summed E-state index contributed by atoms with van der Waals surface area (Å²) in [4.78, 5) is 21.7. The summed E-state index contributed by atoms with van der Waals surface area (Å²) in [6.07, 6.45) is 4.27. The zero-order chi connectivity index (χ0) is 16.5. The van der Waals surface area contributed by atoms with E-state index in [2.05, 4.69) is 40.7 Å². The highest BCUT2D eigenvalue weighted by atomic mass is 32.1. The van der Waals surface area contributed by atoms with E-state index in [0.29, 0.717) is 13.0 Å². The molecule has 0 aliphatic carbocycles. The van der Waals surface area contributed by atoms with Gasteiger partial charge in [0.05, 0.1) is 19.0 Å². The van der Waals surface area contributed by atoms with E-state index >= 15 is 0 Å². The first-order chi connectivity index (χ1) is 11.7. The van der Waals surface area contributed by atoms with Crippen molar-refractivity contribution in [1.82, 2.24) is 14.5 Å². The van der Waals surface area contributed by atoms with E-state index in [1.165, 1.54) is 10.4 Å². The first-order valence-corrected chi connectivity index (χ1v) is 8.92. The van der Waals surface area contributed by atoms with Crippen LogP contribution in [0.25, 0.3) is 0 Å². The molecule has 0 spiro atoms. The minimum absolute atomic E-state index is 0.0569. The number of aromatic nitrogens is 2. The molecule has 1 atom stereocenters. The lowest BCUT2D eigenvalue weighted by Crippen LogP contribution is -2.41. The molecule has 0 radical (unpaired) electrons. The van der Waals surface area contributed by atoms with Gasteiger partial charge in [0.1, 0.15) is 5.82 Å². The van der Waals surface area contributed by atoms with Crippen LogP contribution in [0.15, 0.2) is 54.9 Å². The molecule has 0 bridgehead atoms. The Balaban J connectivity index is 1.64. The summed E-state index contributed by atoms with van der Waals surface area (Å²) >= 11 is 1.70. The van der Waals surface area contributed by atoms with Gasteiger partial charge in [-0.15, -0.1) is 11.3 Å². The van der Waals surface area contributed by atoms with Gasteiger partial charge in [0.2, 0.25) is 5.91 Å². The van der Waals surface area contributed by atoms with Crippen LogP contribution in [-0.2, 0) is 24.3 Å². The number of fused-ring (bicyclic) bond motifs is 1. The van der Waals surface area contributed by atoms with E-state index in [9.17, 15) is 4.79 Å². The minimum atomic E-state index is 0.0569. The van der Waals surface area contributed by atoms with Crippen LogP contribution in [0.3, 0.4) is 0 Å². The Labute approximate surface area is 145 Å². The Bertz CT molecular complexity index is 852. The van der Waals surface area contributed by atoms with Crippen molar-refractivity contribution in [1.29, 1.82) is 0 Å². The standard InChI is InChI=1S/C19H19N3OS/c1-14-7-8-16(24-14)11-19(23)22-13-18-20-9-10-21(18)12-17(22)15-5-3-2-4-6-15/h2-10,17H,11-13H2,1H3. The number of imidazole rings is 1. The number of carbonyl (C=O) groups excluding carboxylic acids is 1. The monoisotopic (exact) mass is 337 g/mol. The summed E-state index contributed by atoms with van der Waals surface area (Å²) < 4.78 is 2.15. The van der Waals surface area contributed by atoms with Gasteiger partial charge in [0.15, 0.2) is 0 Å². The summed E-state index contributed by atoms with van der Waals surface area (Å²) in [7, 11) is 0. The number of hydrogen-bond acceptors (Lipinski definition) is 3. The Morgan fingerprint density at radius 2 is 2.08 bits per heavy atom. The van der Waals surface area contributed by atoms with Crippen molar-refractivity contribution >= 4 is 17.2 Å². The smallest absolute Gasteiger partial charge is 0.228 e. The van der Waals surface area contributed by atoms with Crippen molar-refractivity contribution < 1.29 is 4.79 Å². The molecule has 5 heteroatoms. The number of carbonyl (C=O) groups is 1. The van der Waals surface area contributed by atoms with Gasteiger partial charge < -0.3 is 9.47 Å². The van der Waals surface area contributed by atoms with E-state index in [1.54, 1.807) is 11.3 Å². The van der Waals surface area contributed by atoms with Crippen LogP contribution >= 0.6 is 11.3 Å². The van der Waals surface area contributed by atoms with Crippen molar-refractivity contribution in [2.75, 3.05) is 0 Å². The average molecular weight is 337 g/mol. The van der Waals surface area contributed by atoms with Gasteiger partial charge in [-0.3, -0.25) is 4.79 Å². The number of amides is 1. The van der Waals surface area contributed by atoms with Gasteiger partial charge in [-0.05, 0) is 24.6 Å². The fourth-order valence-electron chi connectivity index (χ4n) is 3.26. The highest BCUT2D eigenvalue weighted by Crippen LogP contribution is 2.30. The number of rotatable bonds is 3. The highest BCUT2D eigenvalue weighted by molar-refractivity contribution is 7.12. The summed E-state index contributed by atoms with van der Waals surface area (Å²) in [6, 6.07) is 14.5. The third kappa shape index (κ3) is 2.87. The van der Waals surface area contributed by atoms with E-state index in [1.807, 2.05) is 35.5 Å². The van der Waals surface area contributed by atoms with Crippen LogP contribution in [0.5, 0.6) is 0 Å². The van der Waals surface area contributed by atoms with Crippen molar-refractivity contribution in [2.24, 2.45) is 0 Å². The first kappa shape index (κ1) is 15.1. The Morgan fingerprint density at radius 1 is 1.25 bits per heavy atom. The molecular weight excluding hydrogens is 318 g/mol. The van der Waals surface area contributed by atoms with Crippen molar-refractivity contribution in [3.63, 3.8) is 0 Å². The lowest BCUT2D eigenvalue weighted by molar-refractivity contribution is -0.135. The quantitative estimate of drug-likeness (QED) is 0.733. The van der Waals surface area contributed by atoms with Gasteiger partial charge in [-0.25, -0.2) is 4.98 Å². The van der Waals surface area contributed by atoms with Crippen LogP contribution < -0.4 is 0 Å². The largest absolute Gasteiger partial charge is 0.331 e. The number of benzene rings is 1. The zero-order valence-electron chi connectivity index (χ0n) is 13.6. The lowest BCUT2D eigenvalue weighted by atomic mass is 10.0. The van der Waals surface area contributed by atoms with Crippen molar-refractivity contribution in [2.45, 2.75) is 32.5 Å². The van der Waals surface area contributed by atoms with Gasteiger partial charge in [-0.1, -0.05) is 30.3 Å². The fourth-order valence-corrected chi connectivity index (χ4v) is 4.14. The van der Waals surface area contributed by atoms with Gasteiger partial charge in [0.25, 0.3) is 0 Å². The van der Waals surface area contributed by atoms with Gasteiger partial charge in [0, 0.05) is 28.7 Å². The molecule has 1 amide bonds. The predicted molar refractivity (Wildman–Crippen MR) is 94.7 cm³/mol. The van der Waals surface area contributed by atoms with Gasteiger partial charge >= 0.3 is 0 Å². The highest BCUT2D eigenvalue weighted by Gasteiger charge is 2.31. The Kier molecular flexibility index (Phi) is 3.94. The van der Waals surface area contributed by atoms with Crippen LogP contribution in [0.4, 0.5) is 0 Å². The molecule has 24 heavy (non-hydrogen) atoms. The average Bonchev–Trinajstić information content (AvgIpc) is 3.22. The molecule has 4 rings (SSSR count). The molecule has 0 saturated heterocycles. The molecule has 1 unspecified atom stereocenters. The maximum Gasteiger partial charge on any atom is 0.228 e. The van der Waals surface area contributed by atoms with Gasteiger partial charge in [-0.2, -0.15) is 0 Å². The maximum absolute atomic E-state index is 13.0. The molecule has 122 valence electrons. The first-order valence-electron chi connectivity index (χ1n) is 8.10. The molecular formula is C19H19N3OS. The number of hydrogen-bond donors (Lipinski definition) is 0. The molecule has 1 aromatic carbocycles. The van der Waals surface area contributed by atoms with E-state index < -0.39 is 0 Å². The molecule has 3 heterocycles. The SMILES string of the molecule is Cc1ccc(CC(=O)N2Cc3nccn3CC2c2ccccc2)s1. The van der Waals surface area contributed by atoms with Crippen molar-refractivity contribution in [3.8, 4) is 0 Å². The van der Waals surface area contributed by atoms with Crippen LogP contribution in [0.2, 0.25) is 0 Å².